The summed E-state index contributed by atoms with van der Waals surface area (Å²) >= 11 is 1.71. The number of aromatic nitrogens is 1. The quantitative estimate of drug-likeness (QED) is 0.826. The van der Waals surface area contributed by atoms with Crippen LogP contribution in [-0.4, -0.2) is 43.1 Å². The molecule has 7 heteroatoms. The monoisotopic (exact) mass is 376 g/mol. The lowest BCUT2D eigenvalue weighted by Gasteiger charge is -2.32. The third-order valence-electron chi connectivity index (χ3n) is 4.88. The van der Waals surface area contributed by atoms with Gasteiger partial charge in [0.05, 0.1) is 21.0 Å². The molecule has 0 radical (unpaired) electrons. The number of hydrogen-bond donors (Lipinski definition) is 0. The summed E-state index contributed by atoms with van der Waals surface area (Å²) in [5, 5.41) is 2.34. The standard InChI is InChI=1S/C18H20N2O3S2/c21-17(10-13-7-9-25(22,23)12-13)20-8-3-4-14(11-20)18-19-15-5-1-2-6-16(15)24-18/h1-2,5-7,9,13-14H,3-4,8,10-12H2/t13-,14-/m1/s1. The molecular formula is C18H20N2O3S2. The number of nitrogens with zero attached hydrogens (tertiary/aromatic N) is 2. The third-order valence-corrected chi connectivity index (χ3v) is 7.54. The molecule has 2 aliphatic heterocycles. The number of thiazole rings is 1. The van der Waals surface area contributed by atoms with Crippen molar-refractivity contribution in [1.29, 1.82) is 0 Å². The van der Waals surface area contributed by atoms with Crippen LogP contribution in [0.2, 0.25) is 0 Å². The minimum atomic E-state index is -3.10. The number of fused-ring (bicyclic) bond motifs is 1. The molecule has 0 spiro atoms. The molecule has 2 aromatic rings. The van der Waals surface area contributed by atoms with Gasteiger partial charge < -0.3 is 4.90 Å². The molecule has 1 aromatic heterocycles. The Labute approximate surface area is 151 Å². The lowest BCUT2D eigenvalue weighted by molar-refractivity contribution is -0.132. The summed E-state index contributed by atoms with van der Waals surface area (Å²) in [5.41, 5.74) is 1.02. The minimum Gasteiger partial charge on any atom is -0.342 e. The van der Waals surface area contributed by atoms with E-state index in [-0.39, 0.29) is 29.9 Å². The largest absolute Gasteiger partial charge is 0.342 e. The molecule has 0 aliphatic carbocycles. The first kappa shape index (κ1) is 16.7. The lowest BCUT2D eigenvalue weighted by atomic mass is 9.97. The van der Waals surface area contributed by atoms with Crippen LogP contribution in [0.25, 0.3) is 10.2 Å². The van der Waals surface area contributed by atoms with E-state index in [2.05, 4.69) is 6.07 Å². The lowest BCUT2D eigenvalue weighted by Crippen LogP contribution is -2.39. The van der Waals surface area contributed by atoms with E-state index < -0.39 is 9.84 Å². The number of amides is 1. The second kappa shape index (κ2) is 6.53. The summed E-state index contributed by atoms with van der Waals surface area (Å²) in [6, 6.07) is 8.11. The molecule has 1 saturated heterocycles. The average molecular weight is 377 g/mol. The molecule has 2 atom stereocenters. The van der Waals surface area contributed by atoms with Crippen LogP contribution in [0.4, 0.5) is 0 Å². The normalized spacial score (nSPS) is 25.5. The molecule has 1 amide bonds. The maximum atomic E-state index is 12.6. The molecule has 25 heavy (non-hydrogen) atoms. The molecule has 0 N–H and O–H groups in total. The average Bonchev–Trinajstić information content (AvgIpc) is 3.18. The fraction of sp³-hybridized carbons (Fsp3) is 0.444. The second-order valence-corrected chi connectivity index (χ2v) is 9.81. The number of allylic oxidation sites excluding steroid dienone is 1. The van der Waals surface area contributed by atoms with Crippen molar-refractivity contribution in [3.63, 3.8) is 0 Å². The van der Waals surface area contributed by atoms with Crippen LogP contribution >= 0.6 is 11.3 Å². The number of rotatable bonds is 3. The van der Waals surface area contributed by atoms with Gasteiger partial charge >= 0.3 is 0 Å². The summed E-state index contributed by atoms with van der Waals surface area (Å²) in [4.78, 5) is 19.2. The zero-order chi connectivity index (χ0) is 17.4. The number of carbonyl (C=O) groups is 1. The van der Waals surface area contributed by atoms with Crippen molar-refractivity contribution >= 4 is 37.3 Å². The molecule has 5 nitrogen and oxygen atoms in total. The highest BCUT2D eigenvalue weighted by Crippen LogP contribution is 2.33. The first-order valence-electron chi connectivity index (χ1n) is 8.54. The van der Waals surface area contributed by atoms with Gasteiger partial charge in [-0.1, -0.05) is 18.2 Å². The van der Waals surface area contributed by atoms with Crippen LogP contribution in [0.1, 0.15) is 30.2 Å². The Morgan fingerprint density at radius 1 is 1.32 bits per heavy atom. The van der Waals surface area contributed by atoms with Crippen molar-refractivity contribution in [3.8, 4) is 0 Å². The summed E-state index contributed by atoms with van der Waals surface area (Å²) in [6.07, 6.45) is 3.94. The first-order chi connectivity index (χ1) is 12.0. The van der Waals surface area contributed by atoms with Crippen molar-refractivity contribution in [2.24, 2.45) is 5.92 Å². The minimum absolute atomic E-state index is 0.0533. The Hall–Kier alpha value is -1.73. The summed E-state index contributed by atoms with van der Waals surface area (Å²) in [6.45, 7) is 1.44. The molecule has 4 rings (SSSR count). The molecule has 1 aromatic carbocycles. The highest BCUT2D eigenvalue weighted by atomic mass is 32.2. The van der Waals surface area contributed by atoms with Gasteiger partial charge in [0.2, 0.25) is 5.91 Å². The molecule has 0 bridgehead atoms. The Morgan fingerprint density at radius 2 is 2.16 bits per heavy atom. The van der Waals surface area contributed by atoms with Crippen LogP contribution in [-0.2, 0) is 14.6 Å². The van der Waals surface area contributed by atoms with Crippen LogP contribution < -0.4 is 0 Å². The van der Waals surface area contributed by atoms with Gasteiger partial charge in [0.15, 0.2) is 9.84 Å². The van der Waals surface area contributed by atoms with Crippen molar-refractivity contribution in [2.45, 2.75) is 25.2 Å². The predicted molar refractivity (Wildman–Crippen MR) is 99.2 cm³/mol. The van der Waals surface area contributed by atoms with E-state index in [4.69, 9.17) is 4.98 Å². The molecule has 3 heterocycles. The summed E-state index contributed by atoms with van der Waals surface area (Å²) in [5.74, 6) is 0.212. The van der Waals surface area contributed by atoms with Crippen LogP contribution in [0.3, 0.4) is 0 Å². The zero-order valence-electron chi connectivity index (χ0n) is 13.8. The van der Waals surface area contributed by atoms with E-state index in [9.17, 15) is 13.2 Å². The van der Waals surface area contributed by atoms with Crippen LogP contribution in [0.15, 0.2) is 35.7 Å². The smallest absolute Gasteiger partial charge is 0.223 e. The fourth-order valence-electron chi connectivity index (χ4n) is 3.59. The van der Waals surface area contributed by atoms with Gasteiger partial charge in [-0.25, -0.2) is 13.4 Å². The Bertz CT molecular complexity index is 900. The van der Waals surface area contributed by atoms with Gasteiger partial charge in [0.25, 0.3) is 0 Å². The van der Waals surface area contributed by atoms with E-state index >= 15 is 0 Å². The zero-order valence-corrected chi connectivity index (χ0v) is 15.4. The Kier molecular flexibility index (Phi) is 4.37. The van der Waals surface area contributed by atoms with Crippen molar-refractivity contribution in [2.75, 3.05) is 18.8 Å². The molecule has 132 valence electrons. The van der Waals surface area contributed by atoms with Crippen molar-refractivity contribution < 1.29 is 13.2 Å². The van der Waals surface area contributed by atoms with Gasteiger partial charge in [0, 0.05) is 36.8 Å². The topological polar surface area (TPSA) is 67.3 Å². The Balaban J connectivity index is 1.43. The fourth-order valence-corrected chi connectivity index (χ4v) is 6.08. The highest BCUT2D eigenvalue weighted by Gasteiger charge is 2.30. The van der Waals surface area contributed by atoms with Gasteiger partial charge in [0.1, 0.15) is 0 Å². The number of likely N-dealkylation sites (tertiary alicyclic amines) is 1. The van der Waals surface area contributed by atoms with E-state index in [1.807, 2.05) is 23.1 Å². The van der Waals surface area contributed by atoms with Crippen LogP contribution in [0, 0.1) is 5.92 Å². The molecule has 2 aliphatic rings. The first-order valence-corrected chi connectivity index (χ1v) is 11.1. The predicted octanol–water partition coefficient (Wildman–Crippen LogP) is 2.95. The maximum absolute atomic E-state index is 12.6. The molecule has 0 saturated carbocycles. The molecular weight excluding hydrogens is 356 g/mol. The number of hydrogen-bond acceptors (Lipinski definition) is 5. The van der Waals surface area contributed by atoms with E-state index in [1.165, 1.54) is 10.1 Å². The number of benzene rings is 1. The Morgan fingerprint density at radius 3 is 2.92 bits per heavy atom. The van der Waals surface area contributed by atoms with Gasteiger partial charge in [-0.2, -0.15) is 0 Å². The van der Waals surface area contributed by atoms with Crippen molar-refractivity contribution in [3.05, 3.63) is 40.8 Å². The van der Waals surface area contributed by atoms with Crippen LogP contribution in [0.5, 0.6) is 0 Å². The number of piperidine rings is 1. The van der Waals surface area contributed by atoms with E-state index in [0.29, 0.717) is 6.54 Å². The molecule has 0 unspecified atom stereocenters. The van der Waals surface area contributed by atoms with Gasteiger partial charge in [-0.05, 0) is 25.0 Å². The highest BCUT2D eigenvalue weighted by molar-refractivity contribution is 7.94. The number of sulfone groups is 1. The second-order valence-electron chi connectivity index (χ2n) is 6.82. The maximum Gasteiger partial charge on any atom is 0.223 e. The van der Waals surface area contributed by atoms with E-state index in [0.717, 1.165) is 29.9 Å². The number of carbonyl (C=O) groups excluding carboxylic acids is 1. The third kappa shape index (κ3) is 3.62. The van der Waals surface area contributed by atoms with Gasteiger partial charge in [-0.3, -0.25) is 4.79 Å². The van der Waals surface area contributed by atoms with Crippen molar-refractivity contribution in [1.82, 2.24) is 9.88 Å². The summed E-state index contributed by atoms with van der Waals surface area (Å²) < 4.78 is 24.2. The van der Waals surface area contributed by atoms with Gasteiger partial charge in [-0.15, -0.1) is 11.3 Å². The molecule has 1 fully saturated rings. The summed E-state index contributed by atoms with van der Waals surface area (Å²) in [7, 11) is -3.10. The SMILES string of the molecule is O=C(C[C@H]1C=CS(=O)(=O)C1)N1CCC[C@@H](c2nc3ccccc3s2)C1. The number of para-hydroxylation sites is 1. The van der Waals surface area contributed by atoms with E-state index in [1.54, 1.807) is 17.4 Å².